The smallest absolute Gasteiger partial charge is 0.262 e. The molecular weight excluding hydrogens is 440 g/mol. The molecule has 2 aromatic carbocycles. The van der Waals surface area contributed by atoms with Gasteiger partial charge in [-0.3, -0.25) is 9.52 Å². The number of anilines is 2. The number of benzene rings is 2. The average molecular weight is 465 g/mol. The minimum absolute atomic E-state index is 0.00880. The van der Waals surface area contributed by atoms with E-state index in [0.717, 1.165) is 30.5 Å². The van der Waals surface area contributed by atoms with E-state index in [-0.39, 0.29) is 39.2 Å². The van der Waals surface area contributed by atoms with Crippen molar-refractivity contribution in [2.75, 3.05) is 23.8 Å². The van der Waals surface area contributed by atoms with Crippen LogP contribution in [-0.4, -0.2) is 34.6 Å². The predicted molar refractivity (Wildman–Crippen MR) is 120 cm³/mol. The Bertz CT molecular complexity index is 1130. The summed E-state index contributed by atoms with van der Waals surface area (Å²) in [7, 11) is -0.999. The highest BCUT2D eigenvalue weighted by Crippen LogP contribution is 2.40. The second-order valence-corrected chi connectivity index (χ2v) is 10.1. The van der Waals surface area contributed by atoms with E-state index in [2.05, 4.69) is 4.72 Å². The number of methoxy groups -OCH3 is 2. The Morgan fingerprint density at radius 1 is 1.13 bits per heavy atom. The van der Waals surface area contributed by atoms with Crippen molar-refractivity contribution in [3.8, 4) is 11.5 Å². The number of carbonyl (C=O) groups excluding carboxylic acids is 1. The van der Waals surface area contributed by atoms with E-state index >= 15 is 0 Å². The van der Waals surface area contributed by atoms with Crippen molar-refractivity contribution in [3.63, 3.8) is 0 Å². The SMILES string of the molecule is COc1cc(OC)c(NS(=O)(=O)c2ccc3c(c2)C[C@H](C)N3C(=O)C2CCC2)cc1Cl. The molecule has 2 aliphatic rings. The zero-order chi connectivity index (χ0) is 22.3. The van der Waals surface area contributed by atoms with Crippen LogP contribution in [-0.2, 0) is 21.2 Å². The number of nitrogens with one attached hydrogen (secondary N) is 1. The number of amides is 1. The first-order chi connectivity index (χ1) is 14.7. The van der Waals surface area contributed by atoms with E-state index in [9.17, 15) is 13.2 Å². The van der Waals surface area contributed by atoms with Gasteiger partial charge in [-0.05, 0) is 56.0 Å². The van der Waals surface area contributed by atoms with Crippen molar-refractivity contribution >= 4 is 38.9 Å². The monoisotopic (exact) mass is 464 g/mol. The van der Waals surface area contributed by atoms with Gasteiger partial charge >= 0.3 is 0 Å². The maximum absolute atomic E-state index is 13.1. The molecule has 1 aliphatic carbocycles. The van der Waals surface area contributed by atoms with Crippen molar-refractivity contribution in [2.24, 2.45) is 5.92 Å². The number of carbonyl (C=O) groups is 1. The Morgan fingerprint density at radius 2 is 1.84 bits per heavy atom. The number of rotatable bonds is 6. The Hall–Kier alpha value is -2.45. The van der Waals surface area contributed by atoms with Crippen molar-refractivity contribution in [1.82, 2.24) is 0 Å². The first-order valence-corrected chi connectivity index (χ1v) is 12.0. The standard InChI is InChI=1S/C22H25ClN2O5S/c1-13-9-15-10-16(7-8-19(15)25(13)22(26)14-5-4-6-14)31(27,28)24-18-11-17(23)20(29-2)12-21(18)30-3/h7-8,10-14,24H,4-6,9H2,1-3H3/t13-/m0/s1. The Balaban J connectivity index is 1.63. The molecule has 4 rings (SSSR count). The van der Waals surface area contributed by atoms with Gasteiger partial charge in [0, 0.05) is 23.7 Å². The normalized spacial score (nSPS) is 18.3. The first-order valence-electron chi connectivity index (χ1n) is 10.2. The van der Waals surface area contributed by atoms with Crippen LogP contribution in [0.25, 0.3) is 0 Å². The van der Waals surface area contributed by atoms with Gasteiger partial charge in [-0.25, -0.2) is 8.42 Å². The van der Waals surface area contributed by atoms with E-state index in [1.807, 2.05) is 11.8 Å². The van der Waals surface area contributed by atoms with Crippen LogP contribution in [0.2, 0.25) is 5.02 Å². The van der Waals surface area contributed by atoms with Crippen LogP contribution in [0.3, 0.4) is 0 Å². The second kappa shape index (κ2) is 8.24. The average Bonchev–Trinajstić information content (AvgIpc) is 3.01. The largest absolute Gasteiger partial charge is 0.495 e. The van der Waals surface area contributed by atoms with Gasteiger partial charge in [-0.1, -0.05) is 18.0 Å². The number of hydrogen-bond acceptors (Lipinski definition) is 5. The van der Waals surface area contributed by atoms with Gasteiger partial charge in [0.15, 0.2) is 0 Å². The van der Waals surface area contributed by atoms with Gasteiger partial charge in [0.25, 0.3) is 10.0 Å². The number of hydrogen-bond donors (Lipinski definition) is 1. The highest BCUT2D eigenvalue weighted by Gasteiger charge is 2.37. The molecule has 0 aromatic heterocycles. The molecule has 2 aromatic rings. The van der Waals surface area contributed by atoms with Crippen LogP contribution in [0.5, 0.6) is 11.5 Å². The van der Waals surface area contributed by atoms with E-state index < -0.39 is 10.0 Å². The van der Waals surface area contributed by atoms with Gasteiger partial charge in [-0.2, -0.15) is 0 Å². The third kappa shape index (κ3) is 3.94. The predicted octanol–water partition coefficient (Wildman–Crippen LogP) is 4.24. The van der Waals surface area contributed by atoms with Gasteiger partial charge in [0.1, 0.15) is 11.5 Å². The molecule has 1 saturated carbocycles. The Kier molecular flexibility index (Phi) is 5.79. The summed E-state index contributed by atoms with van der Waals surface area (Å²) in [4.78, 5) is 14.8. The lowest BCUT2D eigenvalue weighted by atomic mass is 9.84. The maximum Gasteiger partial charge on any atom is 0.262 e. The molecule has 1 N–H and O–H groups in total. The lowest BCUT2D eigenvalue weighted by Crippen LogP contribution is -2.42. The highest BCUT2D eigenvalue weighted by atomic mass is 35.5. The van der Waals surface area contributed by atoms with E-state index in [1.165, 1.54) is 32.4 Å². The van der Waals surface area contributed by atoms with Gasteiger partial charge in [-0.15, -0.1) is 0 Å². The van der Waals surface area contributed by atoms with Crippen LogP contribution in [0.15, 0.2) is 35.2 Å². The molecule has 7 nitrogen and oxygen atoms in total. The van der Waals surface area contributed by atoms with Gasteiger partial charge in [0.2, 0.25) is 5.91 Å². The third-order valence-electron chi connectivity index (χ3n) is 5.99. The van der Waals surface area contributed by atoms with Crippen LogP contribution < -0.4 is 19.1 Å². The summed E-state index contributed by atoms with van der Waals surface area (Å²) in [5.41, 5.74) is 1.86. The fourth-order valence-corrected chi connectivity index (χ4v) is 5.46. The molecule has 0 saturated heterocycles. The molecule has 1 aliphatic heterocycles. The fraction of sp³-hybridized carbons (Fsp3) is 0.409. The minimum atomic E-state index is -3.90. The molecule has 166 valence electrons. The summed E-state index contributed by atoms with van der Waals surface area (Å²) in [5.74, 6) is 0.899. The Morgan fingerprint density at radius 3 is 2.45 bits per heavy atom. The lowest BCUT2D eigenvalue weighted by Gasteiger charge is -2.32. The van der Waals surface area contributed by atoms with Crippen LogP contribution >= 0.6 is 11.6 Å². The molecule has 1 atom stereocenters. The van der Waals surface area contributed by atoms with E-state index in [4.69, 9.17) is 21.1 Å². The number of fused-ring (bicyclic) bond motifs is 1. The molecule has 0 unspecified atom stereocenters. The quantitative estimate of drug-likeness (QED) is 0.691. The molecule has 0 radical (unpaired) electrons. The van der Waals surface area contributed by atoms with Crippen LogP contribution in [0.4, 0.5) is 11.4 Å². The van der Waals surface area contributed by atoms with Crippen LogP contribution in [0, 0.1) is 5.92 Å². The number of sulfonamides is 1. The summed E-state index contributed by atoms with van der Waals surface area (Å²) < 4.78 is 39.1. The summed E-state index contributed by atoms with van der Waals surface area (Å²) in [6.45, 7) is 1.99. The third-order valence-corrected chi connectivity index (χ3v) is 7.65. The van der Waals surface area contributed by atoms with Gasteiger partial charge < -0.3 is 14.4 Å². The number of ether oxygens (including phenoxy) is 2. The summed E-state index contributed by atoms with van der Waals surface area (Å²) in [6, 6.07) is 7.87. The van der Waals surface area contributed by atoms with Crippen molar-refractivity contribution in [2.45, 2.75) is 43.5 Å². The molecule has 0 bridgehead atoms. The molecule has 1 heterocycles. The summed E-state index contributed by atoms with van der Waals surface area (Å²) >= 11 is 6.16. The molecule has 1 fully saturated rings. The zero-order valence-corrected chi connectivity index (χ0v) is 19.2. The first kappa shape index (κ1) is 21.8. The number of halogens is 1. The highest BCUT2D eigenvalue weighted by molar-refractivity contribution is 7.92. The van der Waals surface area contributed by atoms with Crippen molar-refractivity contribution < 1.29 is 22.7 Å². The molecule has 31 heavy (non-hydrogen) atoms. The van der Waals surface area contributed by atoms with Crippen LogP contribution in [0.1, 0.15) is 31.7 Å². The summed E-state index contributed by atoms with van der Waals surface area (Å²) in [6.07, 6.45) is 3.57. The molecule has 9 heteroatoms. The van der Waals surface area contributed by atoms with Crippen molar-refractivity contribution in [1.29, 1.82) is 0 Å². The second-order valence-electron chi connectivity index (χ2n) is 7.97. The molecule has 0 spiro atoms. The van der Waals surface area contributed by atoms with E-state index in [0.29, 0.717) is 12.2 Å². The molecule has 1 amide bonds. The Labute approximate surface area is 187 Å². The minimum Gasteiger partial charge on any atom is -0.495 e. The molecular formula is C22H25ClN2O5S. The lowest BCUT2D eigenvalue weighted by molar-refractivity contribution is -0.125. The summed E-state index contributed by atoms with van der Waals surface area (Å²) in [5, 5.41) is 0.258. The van der Waals surface area contributed by atoms with E-state index in [1.54, 1.807) is 12.1 Å². The topological polar surface area (TPSA) is 84.9 Å². The fourth-order valence-electron chi connectivity index (χ4n) is 4.11. The van der Waals surface area contributed by atoms with Crippen molar-refractivity contribution in [3.05, 3.63) is 40.9 Å². The number of nitrogens with zero attached hydrogens (tertiary/aromatic N) is 1. The van der Waals surface area contributed by atoms with Gasteiger partial charge in [0.05, 0.1) is 29.8 Å². The maximum atomic E-state index is 13.1. The zero-order valence-electron chi connectivity index (χ0n) is 17.6.